The predicted octanol–water partition coefficient (Wildman–Crippen LogP) is 5.18. The number of allylic oxidation sites excluding steroid dienone is 4. The fourth-order valence-electron chi connectivity index (χ4n) is 4.80. The quantitative estimate of drug-likeness (QED) is 0.550. The zero-order valence-corrected chi connectivity index (χ0v) is 19.2. The summed E-state index contributed by atoms with van der Waals surface area (Å²) in [6, 6.07) is 8.23. The van der Waals surface area contributed by atoms with Gasteiger partial charge < -0.3 is 19.1 Å². The normalized spacial score (nSPS) is 20.6. The van der Waals surface area contributed by atoms with Crippen LogP contribution in [-0.2, 0) is 20.7 Å². The van der Waals surface area contributed by atoms with Gasteiger partial charge in [-0.2, -0.15) is 0 Å². The van der Waals surface area contributed by atoms with Gasteiger partial charge >= 0.3 is 5.97 Å². The average molecular weight is 438 g/mol. The Balaban J connectivity index is 1.22. The van der Waals surface area contributed by atoms with Crippen molar-refractivity contribution >= 4 is 5.97 Å². The maximum atomic E-state index is 11.6. The van der Waals surface area contributed by atoms with Crippen molar-refractivity contribution in [3.05, 3.63) is 65.0 Å². The summed E-state index contributed by atoms with van der Waals surface area (Å²) in [5.41, 5.74) is 3.93. The minimum absolute atomic E-state index is 0.0499. The third-order valence-electron chi connectivity index (χ3n) is 6.64. The molecule has 2 heterocycles. The third-order valence-corrected chi connectivity index (χ3v) is 6.64. The second-order valence-corrected chi connectivity index (χ2v) is 8.87. The predicted molar refractivity (Wildman–Crippen MR) is 125 cm³/mol. The van der Waals surface area contributed by atoms with Crippen LogP contribution >= 0.6 is 0 Å². The van der Waals surface area contributed by atoms with Crippen LogP contribution in [0.5, 0.6) is 5.75 Å². The second-order valence-electron chi connectivity index (χ2n) is 8.87. The van der Waals surface area contributed by atoms with E-state index in [1.807, 2.05) is 19.1 Å². The van der Waals surface area contributed by atoms with E-state index in [1.54, 1.807) is 0 Å². The molecule has 0 N–H and O–H groups in total. The van der Waals surface area contributed by atoms with E-state index in [1.165, 1.54) is 29.6 Å². The molecule has 1 fully saturated rings. The van der Waals surface area contributed by atoms with Gasteiger partial charge in [0.15, 0.2) is 0 Å². The van der Waals surface area contributed by atoms with Crippen molar-refractivity contribution in [2.45, 2.75) is 51.9 Å². The lowest BCUT2D eigenvalue weighted by Crippen LogP contribution is -2.34. The molecule has 1 aliphatic carbocycles. The Kier molecular flexibility index (Phi) is 8.05. The van der Waals surface area contributed by atoms with Crippen molar-refractivity contribution in [2.24, 2.45) is 5.92 Å². The molecule has 0 radical (unpaired) electrons. The Morgan fingerprint density at radius 1 is 1.16 bits per heavy atom. The number of hydrogen-bond acceptors (Lipinski definition) is 5. The van der Waals surface area contributed by atoms with Gasteiger partial charge in [-0.05, 0) is 86.9 Å². The number of para-hydroxylation sites is 1. The Morgan fingerprint density at radius 2 is 2.00 bits per heavy atom. The van der Waals surface area contributed by atoms with E-state index in [0.717, 1.165) is 56.8 Å². The first-order valence-electron chi connectivity index (χ1n) is 12.0. The number of nitrogens with zero attached hydrogens (tertiary/aromatic N) is 1. The number of likely N-dealkylation sites (tertiary alicyclic amines) is 1. The summed E-state index contributed by atoms with van der Waals surface area (Å²) in [6.07, 6.45) is 13.4. The smallest absolute Gasteiger partial charge is 0.305 e. The first-order valence-corrected chi connectivity index (χ1v) is 12.0. The van der Waals surface area contributed by atoms with Crippen LogP contribution in [0.1, 0.15) is 51.0 Å². The number of ether oxygens (including phenoxy) is 3. The fraction of sp³-hybridized carbons (Fsp3) is 0.519. The molecule has 1 saturated heterocycles. The second kappa shape index (κ2) is 11.4. The molecule has 0 amide bonds. The maximum absolute atomic E-state index is 11.6. The number of carbonyl (C=O) groups is 1. The summed E-state index contributed by atoms with van der Waals surface area (Å²) in [5.74, 6) is 2.49. The maximum Gasteiger partial charge on any atom is 0.305 e. The van der Waals surface area contributed by atoms with Gasteiger partial charge in [0.25, 0.3) is 0 Å². The number of rotatable bonds is 7. The molecule has 0 spiro atoms. The summed E-state index contributed by atoms with van der Waals surface area (Å²) < 4.78 is 16.7. The summed E-state index contributed by atoms with van der Waals surface area (Å²) in [4.78, 5) is 14.1. The first-order chi connectivity index (χ1) is 15.7. The molecule has 3 aliphatic rings. The molecule has 4 rings (SSSR count). The molecular formula is C27H35NO4. The van der Waals surface area contributed by atoms with Crippen LogP contribution in [0.3, 0.4) is 0 Å². The summed E-state index contributed by atoms with van der Waals surface area (Å²) >= 11 is 0. The molecule has 2 aliphatic heterocycles. The number of fused-ring (bicyclic) bond motifs is 1. The van der Waals surface area contributed by atoms with E-state index in [0.29, 0.717) is 18.9 Å². The van der Waals surface area contributed by atoms with Crippen molar-refractivity contribution < 1.29 is 19.0 Å². The highest BCUT2D eigenvalue weighted by Gasteiger charge is 2.21. The van der Waals surface area contributed by atoms with E-state index in [4.69, 9.17) is 14.2 Å². The molecule has 0 saturated carbocycles. The van der Waals surface area contributed by atoms with Crippen LogP contribution in [0.2, 0.25) is 0 Å². The van der Waals surface area contributed by atoms with Gasteiger partial charge in [0.1, 0.15) is 11.5 Å². The molecule has 0 aromatic heterocycles. The van der Waals surface area contributed by atoms with E-state index in [2.05, 4.69) is 35.3 Å². The van der Waals surface area contributed by atoms with Gasteiger partial charge in [-0.3, -0.25) is 4.79 Å². The Hall–Kier alpha value is -2.53. The minimum atomic E-state index is -0.0499. The van der Waals surface area contributed by atoms with E-state index >= 15 is 0 Å². The number of hydrogen-bond donors (Lipinski definition) is 0. The van der Waals surface area contributed by atoms with Gasteiger partial charge in [-0.1, -0.05) is 30.4 Å². The Bertz CT molecular complexity index is 877. The van der Waals surface area contributed by atoms with Crippen molar-refractivity contribution in [1.82, 2.24) is 4.90 Å². The third kappa shape index (κ3) is 6.26. The summed E-state index contributed by atoms with van der Waals surface area (Å²) in [6.45, 7) is 5.97. The lowest BCUT2D eigenvalue weighted by molar-refractivity contribution is -0.143. The monoisotopic (exact) mass is 437 g/mol. The molecule has 0 unspecified atom stereocenters. The standard InChI is InChI=1S/C27H35NO4/c1-2-30-27(29)12-10-21-13-16-28(17-14-21)15-5-6-22-9-11-26-24(18-22)19-23-7-3-4-8-25(23)31-20-32-26/h3-4,6-9,11,21H,2,5,10,12-20H2,1H3. The first kappa shape index (κ1) is 22.7. The Morgan fingerprint density at radius 3 is 2.84 bits per heavy atom. The van der Waals surface area contributed by atoms with E-state index < -0.39 is 0 Å². The minimum Gasteiger partial charge on any atom is -0.466 e. The van der Waals surface area contributed by atoms with E-state index in [-0.39, 0.29) is 12.8 Å². The molecule has 1 aromatic carbocycles. The van der Waals surface area contributed by atoms with Crippen molar-refractivity contribution in [2.75, 3.05) is 33.0 Å². The molecule has 172 valence electrons. The Labute approximate surface area is 191 Å². The lowest BCUT2D eigenvalue weighted by Gasteiger charge is -2.31. The molecular weight excluding hydrogens is 402 g/mol. The van der Waals surface area contributed by atoms with Gasteiger partial charge in [0.2, 0.25) is 6.79 Å². The van der Waals surface area contributed by atoms with Crippen LogP contribution in [0.15, 0.2) is 59.4 Å². The topological polar surface area (TPSA) is 48.0 Å². The average Bonchev–Trinajstić information content (AvgIpc) is 2.79. The van der Waals surface area contributed by atoms with Crippen LogP contribution in [-0.4, -0.2) is 43.9 Å². The van der Waals surface area contributed by atoms with Gasteiger partial charge in [0, 0.05) is 19.4 Å². The number of piperidine rings is 1. The van der Waals surface area contributed by atoms with Gasteiger partial charge in [-0.25, -0.2) is 0 Å². The largest absolute Gasteiger partial charge is 0.466 e. The SMILES string of the molecule is CCOC(=O)CCC1CCN(CCC=C2C=CC3=C(C2)Cc2ccccc2OCO3)CC1. The molecule has 32 heavy (non-hydrogen) atoms. The summed E-state index contributed by atoms with van der Waals surface area (Å²) in [7, 11) is 0. The summed E-state index contributed by atoms with van der Waals surface area (Å²) in [5, 5.41) is 0. The van der Waals surface area contributed by atoms with E-state index in [9.17, 15) is 4.79 Å². The fourth-order valence-corrected chi connectivity index (χ4v) is 4.80. The molecule has 5 nitrogen and oxygen atoms in total. The van der Waals surface area contributed by atoms with Crippen LogP contribution < -0.4 is 4.74 Å². The van der Waals surface area contributed by atoms with Gasteiger partial charge in [-0.15, -0.1) is 0 Å². The van der Waals surface area contributed by atoms with Crippen molar-refractivity contribution in [1.29, 1.82) is 0 Å². The lowest BCUT2D eigenvalue weighted by atomic mass is 9.91. The highest BCUT2D eigenvalue weighted by Crippen LogP contribution is 2.32. The number of esters is 1. The molecule has 0 atom stereocenters. The number of carbonyl (C=O) groups excluding carboxylic acids is 1. The highest BCUT2D eigenvalue weighted by atomic mass is 16.7. The number of benzene rings is 1. The van der Waals surface area contributed by atoms with Crippen LogP contribution in [0.4, 0.5) is 0 Å². The highest BCUT2D eigenvalue weighted by molar-refractivity contribution is 5.69. The molecule has 5 heteroatoms. The molecule has 1 aromatic rings. The van der Waals surface area contributed by atoms with Gasteiger partial charge in [0.05, 0.1) is 6.61 Å². The zero-order valence-electron chi connectivity index (χ0n) is 19.2. The van der Waals surface area contributed by atoms with Crippen LogP contribution in [0, 0.1) is 5.92 Å². The van der Waals surface area contributed by atoms with Crippen molar-refractivity contribution in [3.63, 3.8) is 0 Å². The van der Waals surface area contributed by atoms with Crippen LogP contribution in [0.25, 0.3) is 0 Å². The molecule has 0 bridgehead atoms. The van der Waals surface area contributed by atoms with Crippen molar-refractivity contribution in [3.8, 4) is 5.75 Å². The zero-order chi connectivity index (χ0) is 22.2.